The number of rotatable bonds is 9. The largest absolute Gasteiger partial charge is 0.478 e. The molecule has 0 saturated heterocycles. The van der Waals surface area contributed by atoms with Crippen molar-refractivity contribution in [2.24, 2.45) is 0 Å². The summed E-state index contributed by atoms with van der Waals surface area (Å²) in [6, 6.07) is 16.5. The van der Waals surface area contributed by atoms with Crippen molar-refractivity contribution in [3.05, 3.63) is 108 Å². The van der Waals surface area contributed by atoms with E-state index in [9.17, 15) is 14.3 Å². The van der Waals surface area contributed by atoms with Crippen LogP contribution in [0.5, 0.6) is 0 Å². The molecule has 0 radical (unpaired) electrons. The van der Waals surface area contributed by atoms with Gasteiger partial charge in [0.25, 0.3) is 0 Å². The number of allylic oxidation sites excluding steroid dienone is 2. The summed E-state index contributed by atoms with van der Waals surface area (Å²) >= 11 is 1.62. The van der Waals surface area contributed by atoms with Crippen molar-refractivity contribution in [1.29, 1.82) is 0 Å². The number of benzene rings is 2. The van der Waals surface area contributed by atoms with Crippen LogP contribution in [0, 0.1) is 5.82 Å². The lowest BCUT2D eigenvalue weighted by molar-refractivity contribution is -0.133. The van der Waals surface area contributed by atoms with E-state index in [1.54, 1.807) is 46.9 Å². The highest BCUT2D eigenvalue weighted by molar-refractivity contribution is 8.00. The minimum atomic E-state index is -0.902. The Kier molecular flexibility index (Phi) is 7.07. The van der Waals surface area contributed by atoms with Crippen molar-refractivity contribution in [3.8, 4) is 5.69 Å². The first-order valence-corrected chi connectivity index (χ1v) is 11.5. The number of halogens is 1. The Balaban J connectivity index is 1.42. The Morgan fingerprint density at radius 2 is 1.97 bits per heavy atom. The van der Waals surface area contributed by atoms with Crippen molar-refractivity contribution in [1.82, 2.24) is 14.7 Å². The van der Waals surface area contributed by atoms with Gasteiger partial charge in [0.05, 0.1) is 11.3 Å². The fourth-order valence-electron chi connectivity index (χ4n) is 3.65. The van der Waals surface area contributed by atoms with Gasteiger partial charge in [-0.15, -0.1) is 11.8 Å². The van der Waals surface area contributed by atoms with E-state index < -0.39 is 5.97 Å². The third kappa shape index (κ3) is 5.48. The molecule has 1 N–H and O–H groups in total. The van der Waals surface area contributed by atoms with Crippen molar-refractivity contribution < 1.29 is 14.3 Å². The summed E-state index contributed by atoms with van der Waals surface area (Å²) in [5, 5.41) is 13.7. The maximum absolute atomic E-state index is 13.1. The van der Waals surface area contributed by atoms with Crippen LogP contribution >= 0.6 is 11.8 Å². The van der Waals surface area contributed by atoms with Gasteiger partial charge in [0.15, 0.2) is 0 Å². The first-order chi connectivity index (χ1) is 15.6. The Labute approximate surface area is 190 Å². The van der Waals surface area contributed by atoms with Crippen LogP contribution in [0.4, 0.5) is 4.39 Å². The van der Waals surface area contributed by atoms with E-state index in [-0.39, 0.29) is 11.2 Å². The summed E-state index contributed by atoms with van der Waals surface area (Å²) in [6.45, 7) is 0.589. The Bertz CT molecular complexity index is 1110. The first-order valence-electron chi connectivity index (χ1n) is 10.4. The number of hydrogen-bond donors (Lipinski definition) is 1. The van der Waals surface area contributed by atoms with Crippen LogP contribution < -0.4 is 0 Å². The van der Waals surface area contributed by atoms with Crippen molar-refractivity contribution in [3.63, 3.8) is 0 Å². The monoisotopic (exact) mass is 449 g/mol. The van der Waals surface area contributed by atoms with Gasteiger partial charge in [0, 0.05) is 25.1 Å². The molecule has 4 rings (SSSR count). The molecular formula is C25H24FN3O2S. The van der Waals surface area contributed by atoms with Gasteiger partial charge in [0.1, 0.15) is 11.2 Å². The molecule has 1 aliphatic heterocycles. The number of carboxylic acid groups (broad SMARTS) is 1. The average molecular weight is 450 g/mol. The molecule has 32 heavy (non-hydrogen) atoms. The summed E-state index contributed by atoms with van der Waals surface area (Å²) in [4.78, 5) is 13.9. The first kappa shape index (κ1) is 21.9. The fourth-order valence-corrected chi connectivity index (χ4v) is 4.88. The molecular weight excluding hydrogens is 425 g/mol. The van der Waals surface area contributed by atoms with Gasteiger partial charge < -0.3 is 10.0 Å². The van der Waals surface area contributed by atoms with Gasteiger partial charge in [-0.2, -0.15) is 5.10 Å². The highest BCUT2D eigenvalue weighted by atomic mass is 32.2. The van der Waals surface area contributed by atoms with Crippen molar-refractivity contribution in [2.75, 3.05) is 5.75 Å². The summed E-state index contributed by atoms with van der Waals surface area (Å²) < 4.78 is 14.9. The van der Waals surface area contributed by atoms with E-state index in [4.69, 9.17) is 0 Å². The lowest BCUT2D eigenvalue weighted by Gasteiger charge is -2.33. The van der Waals surface area contributed by atoms with Crippen LogP contribution in [0.15, 0.2) is 90.9 Å². The lowest BCUT2D eigenvalue weighted by Crippen LogP contribution is -2.34. The summed E-state index contributed by atoms with van der Waals surface area (Å²) in [6.07, 6.45) is 10.8. The van der Waals surface area contributed by atoms with E-state index in [0.29, 0.717) is 12.1 Å². The zero-order chi connectivity index (χ0) is 22.3. The number of aromatic nitrogens is 2. The van der Waals surface area contributed by atoms with Crippen LogP contribution in [0.3, 0.4) is 0 Å². The number of aliphatic carboxylic acids is 1. The number of aryl methyl sites for hydroxylation is 1. The quantitative estimate of drug-likeness (QED) is 0.464. The Morgan fingerprint density at radius 1 is 1.12 bits per heavy atom. The third-order valence-electron chi connectivity index (χ3n) is 5.21. The predicted octanol–water partition coefficient (Wildman–Crippen LogP) is 5.04. The predicted molar refractivity (Wildman–Crippen MR) is 125 cm³/mol. The molecule has 0 spiro atoms. The average Bonchev–Trinajstić information content (AvgIpc) is 3.34. The zero-order valence-corrected chi connectivity index (χ0v) is 18.3. The molecule has 5 nitrogen and oxygen atoms in total. The molecule has 0 fully saturated rings. The van der Waals surface area contributed by atoms with Crippen LogP contribution in [-0.4, -0.2) is 36.9 Å². The number of carbonyl (C=O) groups is 1. The van der Waals surface area contributed by atoms with E-state index in [0.717, 1.165) is 35.4 Å². The number of hydrogen-bond acceptors (Lipinski definition) is 4. The van der Waals surface area contributed by atoms with E-state index >= 15 is 0 Å². The third-order valence-corrected chi connectivity index (χ3v) is 6.58. The second-order valence-electron chi connectivity index (χ2n) is 7.51. The molecule has 2 aromatic carbocycles. The van der Waals surface area contributed by atoms with Crippen LogP contribution in [-0.2, 0) is 17.8 Å². The van der Waals surface area contributed by atoms with Crippen molar-refractivity contribution >= 4 is 17.7 Å². The topological polar surface area (TPSA) is 58.4 Å². The van der Waals surface area contributed by atoms with Crippen LogP contribution in [0.2, 0.25) is 0 Å². The normalized spacial score (nSPS) is 15.6. The molecule has 1 aromatic heterocycles. The zero-order valence-electron chi connectivity index (χ0n) is 17.5. The van der Waals surface area contributed by atoms with Crippen LogP contribution in [0.25, 0.3) is 5.69 Å². The van der Waals surface area contributed by atoms with Crippen LogP contribution in [0.1, 0.15) is 17.5 Å². The van der Waals surface area contributed by atoms with E-state index in [2.05, 4.69) is 16.1 Å². The number of thioether (sulfide) groups is 1. The maximum Gasteiger partial charge on any atom is 0.334 e. The van der Waals surface area contributed by atoms with Gasteiger partial charge in [0.2, 0.25) is 0 Å². The SMILES string of the molecule is O=C(O)C1=CC=CN(Cc2cccc(-n3cccn3)c2)C1SCCCc1ccc(F)cc1. The second-order valence-corrected chi connectivity index (χ2v) is 8.70. The Hall–Kier alpha value is -3.32. The van der Waals surface area contributed by atoms with Gasteiger partial charge in [-0.05, 0) is 72.2 Å². The summed E-state index contributed by atoms with van der Waals surface area (Å²) in [7, 11) is 0. The molecule has 0 aliphatic carbocycles. The fraction of sp³-hybridized carbons (Fsp3) is 0.200. The molecule has 2 heterocycles. The molecule has 1 aliphatic rings. The van der Waals surface area contributed by atoms with Gasteiger partial charge in [-0.3, -0.25) is 0 Å². The van der Waals surface area contributed by atoms with Gasteiger partial charge >= 0.3 is 5.97 Å². The molecule has 164 valence electrons. The molecule has 1 unspecified atom stereocenters. The van der Waals surface area contributed by atoms with Crippen molar-refractivity contribution in [2.45, 2.75) is 24.8 Å². The molecule has 0 saturated carbocycles. The summed E-state index contributed by atoms with van der Waals surface area (Å²) in [5.41, 5.74) is 3.50. The maximum atomic E-state index is 13.1. The summed E-state index contributed by atoms with van der Waals surface area (Å²) in [5.74, 6) is -0.342. The Morgan fingerprint density at radius 3 is 2.72 bits per heavy atom. The molecule has 0 amide bonds. The number of nitrogens with zero attached hydrogens (tertiary/aromatic N) is 3. The second kappa shape index (κ2) is 10.3. The van der Waals surface area contributed by atoms with E-state index in [1.165, 1.54) is 12.1 Å². The minimum absolute atomic E-state index is 0.236. The standard InChI is InChI=1S/C25H24FN3O2S/c26-21-11-9-19(10-12-21)6-3-16-32-24-23(25(30)31)8-2-14-28(24)18-20-5-1-7-22(17-20)29-15-4-13-27-29/h1-2,4-5,7-15,17,24H,3,6,16,18H2,(H,30,31). The molecule has 3 aromatic rings. The highest BCUT2D eigenvalue weighted by Crippen LogP contribution is 2.30. The van der Waals surface area contributed by atoms with E-state index in [1.807, 2.05) is 36.7 Å². The minimum Gasteiger partial charge on any atom is -0.478 e. The van der Waals surface area contributed by atoms with Gasteiger partial charge in [-0.1, -0.05) is 24.3 Å². The highest BCUT2D eigenvalue weighted by Gasteiger charge is 2.27. The molecule has 7 heteroatoms. The van der Waals surface area contributed by atoms with Gasteiger partial charge in [-0.25, -0.2) is 13.9 Å². The smallest absolute Gasteiger partial charge is 0.334 e. The molecule has 0 bridgehead atoms. The molecule has 1 atom stereocenters. The number of carboxylic acids is 1. The lowest BCUT2D eigenvalue weighted by atomic mass is 10.1.